The van der Waals surface area contributed by atoms with Gasteiger partial charge in [-0.05, 0) is 49.2 Å². The second-order valence-corrected chi connectivity index (χ2v) is 6.69. The number of amides is 1. The molecule has 0 saturated heterocycles. The van der Waals surface area contributed by atoms with Crippen LogP contribution in [0.15, 0.2) is 42.5 Å². The Morgan fingerprint density at radius 3 is 2.23 bits per heavy atom. The molecule has 26 heavy (non-hydrogen) atoms. The first-order valence-corrected chi connectivity index (χ1v) is 8.73. The normalized spacial score (nSPS) is 12.9. The Balaban J connectivity index is 1.99. The molecule has 0 aliphatic rings. The molecule has 7 heteroatoms. The number of carbonyl (C=O) groups excluding carboxylic acids is 1. The van der Waals surface area contributed by atoms with Gasteiger partial charge in [-0.3, -0.25) is 4.79 Å². The number of nitrogens with one attached hydrogen (secondary N) is 1. The van der Waals surface area contributed by atoms with Crippen LogP contribution in [0.25, 0.3) is 0 Å². The first-order chi connectivity index (χ1) is 12.3. The van der Waals surface area contributed by atoms with Crippen LogP contribution in [-0.4, -0.2) is 23.6 Å². The van der Waals surface area contributed by atoms with Crippen molar-refractivity contribution >= 4 is 35.1 Å². The van der Waals surface area contributed by atoms with Crippen molar-refractivity contribution in [2.24, 2.45) is 0 Å². The summed E-state index contributed by atoms with van der Waals surface area (Å²) in [5, 5.41) is 12.4. The van der Waals surface area contributed by atoms with Crippen molar-refractivity contribution in [2.75, 3.05) is 6.61 Å². The molecule has 2 atom stereocenters. The maximum absolute atomic E-state index is 12.5. The molecule has 0 aliphatic heterocycles. The fraction of sp³-hybridized carbons (Fsp3) is 0.263. The highest BCUT2D eigenvalue weighted by molar-refractivity contribution is 6.42. The molecule has 5 nitrogen and oxygen atoms in total. The summed E-state index contributed by atoms with van der Waals surface area (Å²) < 4.78 is 5.09. The number of ether oxygens (including phenoxy) is 1. The summed E-state index contributed by atoms with van der Waals surface area (Å²) in [6.45, 7) is 3.27. The molecule has 2 aromatic rings. The SMILES string of the molecule is CC(NC(=O)C(C)c1ccc(Cl)c(Cl)c1)c1ccc(OCC(=O)O)cc1. The summed E-state index contributed by atoms with van der Waals surface area (Å²) in [4.78, 5) is 23.0. The van der Waals surface area contributed by atoms with Crippen molar-refractivity contribution in [2.45, 2.75) is 25.8 Å². The molecule has 0 heterocycles. The minimum Gasteiger partial charge on any atom is -0.482 e. The van der Waals surface area contributed by atoms with Gasteiger partial charge in [0.2, 0.25) is 5.91 Å². The van der Waals surface area contributed by atoms with Crippen LogP contribution >= 0.6 is 23.2 Å². The monoisotopic (exact) mass is 395 g/mol. The van der Waals surface area contributed by atoms with Crippen molar-refractivity contribution in [1.29, 1.82) is 0 Å². The van der Waals surface area contributed by atoms with Crippen molar-refractivity contribution in [3.8, 4) is 5.75 Å². The van der Waals surface area contributed by atoms with Crippen LogP contribution in [0.2, 0.25) is 10.0 Å². The third-order valence-corrected chi connectivity index (χ3v) is 4.68. The molecule has 2 N–H and O–H groups in total. The summed E-state index contributed by atoms with van der Waals surface area (Å²) in [6.07, 6.45) is 0. The molecule has 0 spiro atoms. The van der Waals surface area contributed by atoms with E-state index in [2.05, 4.69) is 5.32 Å². The molecule has 0 aromatic heterocycles. The van der Waals surface area contributed by atoms with Crippen LogP contribution in [0, 0.1) is 0 Å². The number of rotatable bonds is 7. The average molecular weight is 396 g/mol. The van der Waals surface area contributed by atoms with Gasteiger partial charge >= 0.3 is 5.97 Å². The number of carbonyl (C=O) groups is 2. The highest BCUT2D eigenvalue weighted by Gasteiger charge is 2.18. The lowest BCUT2D eigenvalue weighted by atomic mass is 9.99. The molecule has 0 bridgehead atoms. The van der Waals surface area contributed by atoms with Crippen LogP contribution in [-0.2, 0) is 9.59 Å². The van der Waals surface area contributed by atoms with Crippen molar-refractivity contribution in [3.63, 3.8) is 0 Å². The van der Waals surface area contributed by atoms with E-state index in [1.54, 1.807) is 49.4 Å². The molecule has 0 radical (unpaired) electrons. The number of carboxylic acids is 1. The van der Waals surface area contributed by atoms with E-state index < -0.39 is 12.6 Å². The summed E-state index contributed by atoms with van der Waals surface area (Å²) in [6, 6.07) is 11.8. The summed E-state index contributed by atoms with van der Waals surface area (Å²) in [5.74, 6) is -1.10. The number of benzene rings is 2. The maximum atomic E-state index is 12.5. The maximum Gasteiger partial charge on any atom is 0.341 e. The van der Waals surface area contributed by atoms with Crippen LogP contribution in [0.4, 0.5) is 0 Å². The quantitative estimate of drug-likeness (QED) is 0.726. The number of hydrogen-bond acceptors (Lipinski definition) is 3. The molecule has 0 fully saturated rings. The molecule has 1 amide bonds. The van der Waals surface area contributed by atoms with E-state index in [9.17, 15) is 9.59 Å². The van der Waals surface area contributed by atoms with Crippen LogP contribution in [0.5, 0.6) is 5.75 Å². The first-order valence-electron chi connectivity index (χ1n) is 7.97. The highest BCUT2D eigenvalue weighted by Crippen LogP contribution is 2.27. The molecule has 2 rings (SSSR count). The van der Waals surface area contributed by atoms with Gasteiger partial charge in [-0.1, -0.05) is 41.4 Å². The van der Waals surface area contributed by atoms with Crippen molar-refractivity contribution in [3.05, 3.63) is 63.6 Å². The lowest BCUT2D eigenvalue weighted by Crippen LogP contribution is -2.30. The predicted octanol–water partition coefficient (Wildman–Crippen LogP) is 4.44. The Morgan fingerprint density at radius 2 is 1.65 bits per heavy atom. The standard InChI is InChI=1S/C19H19Cl2NO4/c1-11(14-5-8-16(20)17(21)9-14)19(25)22-12(2)13-3-6-15(7-4-13)26-10-18(23)24/h3-9,11-12H,10H2,1-2H3,(H,22,25)(H,23,24). The predicted molar refractivity (Wildman–Crippen MR) is 101 cm³/mol. The van der Waals surface area contributed by atoms with Crippen LogP contribution in [0.3, 0.4) is 0 Å². The van der Waals surface area contributed by atoms with Gasteiger partial charge in [-0.2, -0.15) is 0 Å². The fourth-order valence-electron chi connectivity index (χ4n) is 2.35. The van der Waals surface area contributed by atoms with Gasteiger partial charge in [0.05, 0.1) is 22.0 Å². The van der Waals surface area contributed by atoms with E-state index in [0.717, 1.165) is 11.1 Å². The van der Waals surface area contributed by atoms with E-state index in [0.29, 0.717) is 15.8 Å². The van der Waals surface area contributed by atoms with Crippen molar-refractivity contribution in [1.82, 2.24) is 5.32 Å². The minimum absolute atomic E-state index is 0.137. The van der Waals surface area contributed by atoms with Gasteiger partial charge in [0.15, 0.2) is 6.61 Å². The number of halogens is 2. The molecular weight excluding hydrogens is 377 g/mol. The molecule has 0 saturated carbocycles. The lowest BCUT2D eigenvalue weighted by molar-refractivity contribution is -0.139. The zero-order valence-electron chi connectivity index (χ0n) is 14.3. The van der Waals surface area contributed by atoms with E-state index in [1.807, 2.05) is 6.92 Å². The van der Waals surface area contributed by atoms with Gasteiger partial charge < -0.3 is 15.2 Å². The molecule has 138 valence electrons. The number of carboxylic acid groups (broad SMARTS) is 1. The molecular formula is C19H19Cl2NO4. The Bertz CT molecular complexity index is 793. The lowest BCUT2D eigenvalue weighted by Gasteiger charge is -2.19. The Morgan fingerprint density at radius 1 is 1.04 bits per heavy atom. The topological polar surface area (TPSA) is 75.6 Å². The Kier molecular flexibility index (Phi) is 6.89. The molecule has 2 aromatic carbocycles. The van der Waals surface area contributed by atoms with E-state index in [-0.39, 0.29) is 17.9 Å². The van der Waals surface area contributed by atoms with Gasteiger partial charge in [0.25, 0.3) is 0 Å². The minimum atomic E-state index is -1.04. The van der Waals surface area contributed by atoms with Crippen molar-refractivity contribution < 1.29 is 19.4 Å². The largest absolute Gasteiger partial charge is 0.482 e. The number of hydrogen-bond donors (Lipinski definition) is 2. The van der Waals surface area contributed by atoms with Crippen LogP contribution in [0.1, 0.15) is 36.9 Å². The third-order valence-electron chi connectivity index (χ3n) is 3.94. The van der Waals surface area contributed by atoms with Gasteiger partial charge in [0.1, 0.15) is 5.75 Å². The fourth-order valence-corrected chi connectivity index (χ4v) is 2.66. The summed E-state index contributed by atoms with van der Waals surface area (Å²) in [5.41, 5.74) is 1.66. The van der Waals surface area contributed by atoms with Gasteiger partial charge in [-0.25, -0.2) is 4.79 Å². The average Bonchev–Trinajstić information content (AvgIpc) is 2.62. The van der Waals surface area contributed by atoms with E-state index >= 15 is 0 Å². The van der Waals surface area contributed by atoms with E-state index in [4.69, 9.17) is 33.0 Å². The van der Waals surface area contributed by atoms with Gasteiger partial charge in [0, 0.05) is 0 Å². The van der Waals surface area contributed by atoms with Crippen LogP contribution < -0.4 is 10.1 Å². The zero-order chi connectivity index (χ0) is 19.3. The van der Waals surface area contributed by atoms with Gasteiger partial charge in [-0.15, -0.1) is 0 Å². The summed E-state index contributed by atoms with van der Waals surface area (Å²) >= 11 is 11.9. The Hall–Kier alpha value is -2.24. The smallest absolute Gasteiger partial charge is 0.341 e. The Labute approximate surface area is 161 Å². The number of aliphatic carboxylic acids is 1. The molecule has 2 unspecified atom stereocenters. The second kappa shape index (κ2) is 8.92. The zero-order valence-corrected chi connectivity index (χ0v) is 15.8. The summed E-state index contributed by atoms with van der Waals surface area (Å²) in [7, 11) is 0. The second-order valence-electron chi connectivity index (χ2n) is 5.88. The third kappa shape index (κ3) is 5.38. The first kappa shape index (κ1) is 20.1. The van der Waals surface area contributed by atoms with E-state index in [1.165, 1.54) is 0 Å². The molecule has 0 aliphatic carbocycles. The highest BCUT2D eigenvalue weighted by atomic mass is 35.5.